The van der Waals surface area contributed by atoms with Crippen LogP contribution in [0.2, 0.25) is 0 Å². The van der Waals surface area contributed by atoms with Gasteiger partial charge >= 0.3 is 0 Å². The number of hydrogen-bond donors (Lipinski definition) is 0. The van der Waals surface area contributed by atoms with Crippen molar-refractivity contribution < 1.29 is 0 Å². The van der Waals surface area contributed by atoms with E-state index in [1.165, 1.54) is 0 Å². The molecule has 2 aromatic rings. The normalized spacial score (nSPS) is 10.8. The summed E-state index contributed by atoms with van der Waals surface area (Å²) in [5.41, 5.74) is 3.40. The van der Waals surface area contributed by atoms with E-state index in [2.05, 4.69) is 22.1 Å². The zero-order valence-corrected chi connectivity index (χ0v) is 14.8. The second-order valence-corrected chi connectivity index (χ2v) is 5.95. The largest absolute Gasteiger partial charge is 0.293 e. The first-order valence-corrected chi connectivity index (χ1v) is 8.82. The molecule has 2 rings (SSSR count). The van der Waals surface area contributed by atoms with E-state index in [4.69, 9.17) is 10.5 Å². The summed E-state index contributed by atoms with van der Waals surface area (Å²) in [4.78, 5) is 8.85. The molecule has 0 heterocycles. The van der Waals surface area contributed by atoms with Crippen LogP contribution >= 0.6 is 0 Å². The second-order valence-electron chi connectivity index (χ2n) is 5.95. The Morgan fingerprint density at radius 2 is 1.00 bits per heavy atom. The SMILES string of the molecule is N#Cc1ccc(C=NCCCCCCN=Cc2ccc(C#N)cc2)cc1. The van der Waals surface area contributed by atoms with Gasteiger partial charge in [0.25, 0.3) is 0 Å². The molecule has 0 aromatic heterocycles. The van der Waals surface area contributed by atoms with Crippen molar-refractivity contribution in [2.45, 2.75) is 25.7 Å². The first kappa shape index (κ1) is 19.1. The van der Waals surface area contributed by atoms with Crippen molar-refractivity contribution >= 4 is 12.4 Å². The van der Waals surface area contributed by atoms with Crippen molar-refractivity contribution in [3.05, 3.63) is 70.8 Å². The van der Waals surface area contributed by atoms with E-state index in [1.807, 2.05) is 36.7 Å². The summed E-state index contributed by atoms with van der Waals surface area (Å²) in [6, 6.07) is 19.1. The lowest BCUT2D eigenvalue weighted by Crippen LogP contribution is -1.88. The van der Waals surface area contributed by atoms with Gasteiger partial charge in [0.1, 0.15) is 0 Å². The van der Waals surface area contributed by atoms with Crippen LogP contribution in [0.15, 0.2) is 58.5 Å². The highest BCUT2D eigenvalue weighted by Gasteiger charge is 1.92. The highest BCUT2D eigenvalue weighted by molar-refractivity contribution is 5.80. The van der Waals surface area contributed by atoms with Gasteiger partial charge in [0.15, 0.2) is 0 Å². The third-order valence-electron chi connectivity index (χ3n) is 3.88. The van der Waals surface area contributed by atoms with Gasteiger partial charge in [-0.25, -0.2) is 0 Å². The molecular formula is C22H22N4. The van der Waals surface area contributed by atoms with Gasteiger partial charge in [-0.1, -0.05) is 37.1 Å². The molecule has 26 heavy (non-hydrogen) atoms. The van der Waals surface area contributed by atoms with Crippen LogP contribution in [0.4, 0.5) is 0 Å². The first-order valence-electron chi connectivity index (χ1n) is 8.82. The molecule has 4 heteroatoms. The van der Waals surface area contributed by atoms with Crippen LogP contribution < -0.4 is 0 Å². The van der Waals surface area contributed by atoms with Crippen molar-refractivity contribution in [2.75, 3.05) is 13.1 Å². The van der Waals surface area contributed by atoms with E-state index in [1.54, 1.807) is 24.3 Å². The maximum atomic E-state index is 8.75. The molecule has 0 aliphatic rings. The number of unbranched alkanes of at least 4 members (excludes halogenated alkanes) is 3. The fourth-order valence-corrected chi connectivity index (χ4v) is 2.39. The maximum absolute atomic E-state index is 8.75. The zero-order chi connectivity index (χ0) is 18.5. The minimum Gasteiger partial charge on any atom is -0.293 e. The van der Waals surface area contributed by atoms with Crippen molar-refractivity contribution in [2.24, 2.45) is 9.98 Å². The minimum absolute atomic E-state index is 0.670. The molecule has 4 nitrogen and oxygen atoms in total. The lowest BCUT2D eigenvalue weighted by atomic mass is 10.1. The maximum Gasteiger partial charge on any atom is 0.0991 e. The number of nitrogens with zero attached hydrogens (tertiary/aromatic N) is 4. The molecule has 0 bridgehead atoms. The van der Waals surface area contributed by atoms with Gasteiger partial charge in [0.05, 0.1) is 23.3 Å². The summed E-state index contributed by atoms with van der Waals surface area (Å²) in [5, 5.41) is 17.5. The average Bonchev–Trinajstić information content (AvgIpc) is 2.70. The summed E-state index contributed by atoms with van der Waals surface area (Å²) < 4.78 is 0. The molecule has 0 aliphatic carbocycles. The third kappa shape index (κ3) is 7.11. The van der Waals surface area contributed by atoms with Gasteiger partial charge in [-0.3, -0.25) is 9.98 Å². The molecule has 0 aliphatic heterocycles. The van der Waals surface area contributed by atoms with Gasteiger partial charge in [-0.2, -0.15) is 10.5 Å². The van der Waals surface area contributed by atoms with E-state index < -0.39 is 0 Å². The lowest BCUT2D eigenvalue weighted by molar-refractivity contribution is 0.655. The Hall–Kier alpha value is -3.24. The predicted molar refractivity (Wildman–Crippen MR) is 106 cm³/mol. The number of rotatable bonds is 9. The van der Waals surface area contributed by atoms with Gasteiger partial charge < -0.3 is 0 Å². The topological polar surface area (TPSA) is 72.3 Å². The van der Waals surface area contributed by atoms with Gasteiger partial charge in [0.2, 0.25) is 0 Å². The van der Waals surface area contributed by atoms with Crippen molar-refractivity contribution in [1.82, 2.24) is 0 Å². The standard InChI is InChI=1S/C22H22N4/c23-15-19-5-9-21(10-6-19)17-25-13-3-1-2-4-14-26-18-22-11-7-20(16-24)8-12-22/h5-12,17-18H,1-4,13-14H2. The van der Waals surface area contributed by atoms with Crippen LogP contribution in [0, 0.1) is 22.7 Å². The van der Waals surface area contributed by atoms with Gasteiger partial charge in [0, 0.05) is 25.5 Å². The molecule has 0 saturated carbocycles. The van der Waals surface area contributed by atoms with E-state index in [0.29, 0.717) is 11.1 Å². The van der Waals surface area contributed by atoms with E-state index in [0.717, 1.165) is 49.9 Å². The van der Waals surface area contributed by atoms with Crippen LogP contribution in [-0.4, -0.2) is 25.5 Å². The predicted octanol–water partition coefficient (Wildman–Crippen LogP) is 4.53. The van der Waals surface area contributed by atoms with Crippen LogP contribution in [0.5, 0.6) is 0 Å². The molecular weight excluding hydrogens is 320 g/mol. The Morgan fingerprint density at radius 1 is 0.615 bits per heavy atom. The Balaban J connectivity index is 1.53. The second kappa shape index (κ2) is 11.3. The molecule has 2 aromatic carbocycles. The molecule has 0 saturated heterocycles. The Morgan fingerprint density at radius 3 is 1.35 bits per heavy atom. The quantitative estimate of drug-likeness (QED) is 0.496. The highest BCUT2D eigenvalue weighted by Crippen LogP contribution is 2.04. The Bertz CT molecular complexity index is 732. The smallest absolute Gasteiger partial charge is 0.0991 e. The molecule has 0 radical (unpaired) electrons. The van der Waals surface area contributed by atoms with E-state index in [-0.39, 0.29) is 0 Å². The number of benzene rings is 2. The van der Waals surface area contributed by atoms with Crippen molar-refractivity contribution in [1.29, 1.82) is 10.5 Å². The summed E-state index contributed by atoms with van der Waals surface area (Å²) in [7, 11) is 0. The van der Waals surface area contributed by atoms with Crippen LogP contribution in [0.3, 0.4) is 0 Å². The number of hydrogen-bond acceptors (Lipinski definition) is 4. The van der Waals surface area contributed by atoms with E-state index >= 15 is 0 Å². The van der Waals surface area contributed by atoms with Crippen LogP contribution in [0.1, 0.15) is 47.9 Å². The van der Waals surface area contributed by atoms with Gasteiger partial charge in [-0.15, -0.1) is 0 Å². The fraction of sp³-hybridized carbons (Fsp3) is 0.273. The molecule has 0 atom stereocenters. The zero-order valence-electron chi connectivity index (χ0n) is 14.8. The Kier molecular flexibility index (Phi) is 8.32. The summed E-state index contributed by atoms with van der Waals surface area (Å²) in [6.45, 7) is 1.66. The van der Waals surface area contributed by atoms with Gasteiger partial charge in [-0.05, 0) is 48.2 Å². The average molecular weight is 342 g/mol. The number of aliphatic imine (C=N–C) groups is 2. The van der Waals surface area contributed by atoms with Crippen molar-refractivity contribution in [3.8, 4) is 12.1 Å². The summed E-state index contributed by atoms with van der Waals surface area (Å²) in [6.07, 6.45) is 8.18. The fourth-order valence-electron chi connectivity index (χ4n) is 2.39. The lowest BCUT2D eigenvalue weighted by Gasteiger charge is -1.98. The third-order valence-corrected chi connectivity index (χ3v) is 3.88. The summed E-state index contributed by atoms with van der Waals surface area (Å²) >= 11 is 0. The highest BCUT2D eigenvalue weighted by atomic mass is 14.7. The number of nitriles is 2. The molecule has 0 N–H and O–H groups in total. The monoisotopic (exact) mass is 342 g/mol. The molecule has 0 spiro atoms. The molecule has 0 fully saturated rings. The first-order chi connectivity index (χ1) is 12.8. The minimum atomic E-state index is 0.670. The summed E-state index contributed by atoms with van der Waals surface area (Å²) in [5.74, 6) is 0. The Labute approximate surface area is 155 Å². The van der Waals surface area contributed by atoms with Crippen LogP contribution in [0.25, 0.3) is 0 Å². The van der Waals surface area contributed by atoms with Crippen molar-refractivity contribution in [3.63, 3.8) is 0 Å². The van der Waals surface area contributed by atoms with E-state index in [9.17, 15) is 0 Å². The molecule has 0 unspecified atom stereocenters. The van der Waals surface area contributed by atoms with Crippen LogP contribution in [-0.2, 0) is 0 Å². The molecule has 0 amide bonds. The molecule has 130 valence electrons.